The number of hydrogen-bond donors (Lipinski definition) is 0. The number of hydrogen-bond acceptors (Lipinski definition) is 8. The van der Waals surface area contributed by atoms with Crippen molar-refractivity contribution in [2.75, 3.05) is 0 Å². The van der Waals surface area contributed by atoms with E-state index in [1.54, 1.807) is 37.2 Å². The van der Waals surface area contributed by atoms with Crippen LogP contribution in [0.15, 0.2) is 108 Å². The van der Waals surface area contributed by atoms with E-state index < -0.39 is 0 Å². The first-order valence-corrected chi connectivity index (χ1v) is 12.1. The summed E-state index contributed by atoms with van der Waals surface area (Å²) in [6.45, 7) is 0. The summed E-state index contributed by atoms with van der Waals surface area (Å²) in [5.41, 5.74) is 8.69. The standard InChI is InChI=1S/C18H10N2.C12H6N6/c1-3-7-14-11(5-1)12-9-10-16-17(18(12)20-14)13-6-2-4-8-15(13)19-16;1-2-14-8-7(13-1)9-11(17-4-3-15-9)12-10(8)16-5-6-18-12/h1-10H;1-6H. The number of para-hydroxylation sites is 2. The fourth-order valence-electron chi connectivity index (χ4n) is 5.16. The van der Waals surface area contributed by atoms with E-state index in [0.717, 1.165) is 22.1 Å². The zero-order valence-corrected chi connectivity index (χ0v) is 19.8. The Morgan fingerprint density at radius 3 is 1.53 bits per heavy atom. The van der Waals surface area contributed by atoms with Crippen molar-refractivity contribution in [2.24, 2.45) is 9.98 Å². The smallest absolute Gasteiger partial charge is 0.119 e. The van der Waals surface area contributed by atoms with Crippen LogP contribution in [0.3, 0.4) is 0 Å². The van der Waals surface area contributed by atoms with Gasteiger partial charge in [0.2, 0.25) is 0 Å². The molecule has 0 radical (unpaired) electrons. The molecule has 9 rings (SSSR count). The molecule has 0 unspecified atom stereocenters. The van der Waals surface area contributed by atoms with E-state index in [4.69, 9.17) is 9.98 Å². The maximum absolute atomic E-state index is 4.83. The van der Waals surface area contributed by atoms with Crippen molar-refractivity contribution in [3.05, 3.63) is 119 Å². The number of nitrogens with zero attached hydrogens (tertiary/aromatic N) is 8. The molecular formula is C30H16N8. The highest BCUT2D eigenvalue weighted by atomic mass is 14.9. The monoisotopic (exact) mass is 488 g/mol. The van der Waals surface area contributed by atoms with E-state index >= 15 is 0 Å². The summed E-state index contributed by atoms with van der Waals surface area (Å²) >= 11 is 0. The molecule has 176 valence electrons. The van der Waals surface area contributed by atoms with Crippen LogP contribution < -0.4 is 10.7 Å². The van der Waals surface area contributed by atoms with Gasteiger partial charge >= 0.3 is 0 Å². The molecule has 7 aromatic rings. The normalized spacial score (nSPS) is 12.1. The minimum atomic E-state index is 0.702. The van der Waals surface area contributed by atoms with Gasteiger partial charge in [-0.15, -0.1) is 0 Å². The molecule has 2 aliphatic rings. The minimum absolute atomic E-state index is 0.702. The molecule has 0 fully saturated rings. The van der Waals surface area contributed by atoms with E-state index in [1.807, 2.05) is 12.1 Å². The van der Waals surface area contributed by atoms with Crippen LogP contribution in [0.4, 0.5) is 11.4 Å². The molecule has 2 aliphatic heterocycles. The number of benzene rings is 4. The van der Waals surface area contributed by atoms with E-state index in [9.17, 15) is 0 Å². The van der Waals surface area contributed by atoms with Crippen LogP contribution in [0, 0.1) is 10.4 Å². The van der Waals surface area contributed by atoms with Gasteiger partial charge < -0.3 is 0 Å². The van der Waals surface area contributed by atoms with Gasteiger partial charge in [-0.25, -0.2) is 9.98 Å². The lowest BCUT2D eigenvalue weighted by atomic mass is 10.0. The summed E-state index contributed by atoms with van der Waals surface area (Å²) in [5.74, 6) is 0. The van der Waals surface area contributed by atoms with Gasteiger partial charge in [0.15, 0.2) is 0 Å². The number of rotatable bonds is 0. The fourth-order valence-corrected chi connectivity index (χ4v) is 5.16. The highest BCUT2D eigenvalue weighted by Gasteiger charge is 2.19. The number of fused-ring (bicyclic) bond motifs is 12. The third-order valence-corrected chi connectivity index (χ3v) is 6.76. The van der Waals surface area contributed by atoms with E-state index in [2.05, 4.69) is 78.4 Å². The zero-order valence-electron chi connectivity index (χ0n) is 19.8. The van der Waals surface area contributed by atoms with Crippen LogP contribution in [-0.4, -0.2) is 29.9 Å². The van der Waals surface area contributed by atoms with Gasteiger partial charge in [0.1, 0.15) is 33.1 Å². The Morgan fingerprint density at radius 1 is 0.395 bits per heavy atom. The van der Waals surface area contributed by atoms with Gasteiger partial charge in [-0.05, 0) is 24.3 Å². The second-order valence-corrected chi connectivity index (χ2v) is 8.87. The molecule has 0 spiro atoms. The highest BCUT2D eigenvalue weighted by Crippen LogP contribution is 2.38. The maximum Gasteiger partial charge on any atom is 0.119 e. The molecule has 5 heterocycles. The summed E-state index contributed by atoms with van der Waals surface area (Å²) in [4.78, 5) is 35.5. The highest BCUT2D eigenvalue weighted by molar-refractivity contribution is 6.17. The van der Waals surface area contributed by atoms with Gasteiger partial charge in [-0.2, -0.15) is 0 Å². The predicted octanol–water partition coefficient (Wildman–Crippen LogP) is 4.69. The van der Waals surface area contributed by atoms with Gasteiger partial charge in [0.25, 0.3) is 0 Å². The van der Waals surface area contributed by atoms with Crippen molar-refractivity contribution in [3.8, 4) is 11.1 Å². The largest absolute Gasteiger partial charge is 0.251 e. The quantitative estimate of drug-likeness (QED) is 0.287. The Balaban J connectivity index is 0.000000119. The molecule has 3 aromatic heterocycles. The van der Waals surface area contributed by atoms with Crippen LogP contribution in [0.5, 0.6) is 0 Å². The van der Waals surface area contributed by atoms with Crippen LogP contribution in [0.1, 0.15) is 0 Å². The molecule has 0 atom stereocenters. The van der Waals surface area contributed by atoms with Gasteiger partial charge in [-0.3, -0.25) is 29.9 Å². The Kier molecular flexibility index (Phi) is 4.35. The molecule has 0 saturated heterocycles. The summed E-state index contributed by atoms with van der Waals surface area (Å²) in [6, 6.07) is 20.8. The van der Waals surface area contributed by atoms with Crippen LogP contribution in [-0.2, 0) is 0 Å². The summed E-state index contributed by atoms with van der Waals surface area (Å²) in [6.07, 6.45) is 9.83. The van der Waals surface area contributed by atoms with E-state index in [-0.39, 0.29) is 0 Å². The summed E-state index contributed by atoms with van der Waals surface area (Å²) in [5, 5.41) is 4.52. The van der Waals surface area contributed by atoms with Gasteiger partial charge in [-0.1, -0.05) is 36.4 Å². The Labute approximate surface area is 214 Å². The first-order chi connectivity index (χ1) is 18.9. The summed E-state index contributed by atoms with van der Waals surface area (Å²) < 4.78 is 0. The van der Waals surface area contributed by atoms with Crippen molar-refractivity contribution >= 4 is 44.5 Å². The van der Waals surface area contributed by atoms with Crippen molar-refractivity contribution < 1.29 is 0 Å². The Bertz CT molecular complexity index is 2090. The average molecular weight is 489 g/mol. The first kappa shape index (κ1) is 20.7. The molecule has 38 heavy (non-hydrogen) atoms. The SMILES string of the molecule is c1ccc2c(c1)N=c1ccc3c(c1-2)N=c1ccccc1=3.c1cnc2c(n1)c1nccnc1c1nccnc21. The second-order valence-electron chi connectivity index (χ2n) is 8.87. The fraction of sp³-hybridized carbons (Fsp3) is 0. The topological polar surface area (TPSA) is 102 Å². The second kappa shape index (κ2) is 8.01. The van der Waals surface area contributed by atoms with E-state index in [0.29, 0.717) is 33.1 Å². The molecule has 8 heteroatoms. The molecule has 0 aliphatic carbocycles. The van der Waals surface area contributed by atoms with Crippen LogP contribution in [0.2, 0.25) is 0 Å². The molecule has 0 saturated carbocycles. The minimum Gasteiger partial charge on any atom is -0.251 e. The Morgan fingerprint density at radius 2 is 0.921 bits per heavy atom. The van der Waals surface area contributed by atoms with Crippen molar-refractivity contribution in [2.45, 2.75) is 0 Å². The zero-order chi connectivity index (χ0) is 25.1. The van der Waals surface area contributed by atoms with Crippen molar-refractivity contribution in [1.82, 2.24) is 29.9 Å². The van der Waals surface area contributed by atoms with Crippen molar-refractivity contribution in [1.29, 1.82) is 0 Å². The third-order valence-electron chi connectivity index (χ3n) is 6.76. The summed E-state index contributed by atoms with van der Waals surface area (Å²) in [7, 11) is 0. The maximum atomic E-state index is 4.83. The lowest BCUT2D eigenvalue weighted by Crippen LogP contribution is -2.00. The lowest BCUT2D eigenvalue weighted by Gasteiger charge is -2.04. The number of aromatic nitrogens is 6. The predicted molar refractivity (Wildman–Crippen MR) is 143 cm³/mol. The molecular weight excluding hydrogens is 472 g/mol. The first-order valence-electron chi connectivity index (χ1n) is 12.1. The Hall–Kier alpha value is -5.50. The third kappa shape index (κ3) is 2.97. The molecule has 0 bridgehead atoms. The average Bonchev–Trinajstić information content (AvgIpc) is 3.56. The van der Waals surface area contributed by atoms with Gasteiger partial charge in [0.05, 0.1) is 22.1 Å². The van der Waals surface area contributed by atoms with Crippen LogP contribution >= 0.6 is 0 Å². The molecule has 4 aromatic carbocycles. The van der Waals surface area contributed by atoms with Gasteiger partial charge in [0, 0.05) is 58.7 Å². The molecule has 0 amide bonds. The van der Waals surface area contributed by atoms with Crippen LogP contribution in [0.25, 0.3) is 44.2 Å². The van der Waals surface area contributed by atoms with E-state index in [1.165, 1.54) is 21.6 Å². The van der Waals surface area contributed by atoms with Crippen molar-refractivity contribution in [3.63, 3.8) is 0 Å². The lowest BCUT2D eigenvalue weighted by molar-refractivity contribution is 1.24. The molecule has 0 N–H and O–H groups in total. The molecule has 8 nitrogen and oxygen atoms in total.